The Balaban J connectivity index is 2.28. The molecule has 1 heterocycles. The Morgan fingerprint density at radius 3 is 2.53 bits per heavy atom. The molecule has 0 bridgehead atoms. The van der Waals surface area contributed by atoms with Gasteiger partial charge in [0.15, 0.2) is 0 Å². The average Bonchev–Trinajstić information content (AvgIpc) is 2.66. The minimum absolute atomic E-state index is 0.696. The van der Waals surface area contributed by atoms with Crippen molar-refractivity contribution in [3.05, 3.63) is 36.7 Å². The quantitative estimate of drug-likeness (QED) is 0.764. The number of rotatable bonds is 3. The van der Waals surface area contributed by atoms with Crippen LogP contribution in [0.2, 0.25) is 0 Å². The third kappa shape index (κ3) is 2.01. The van der Waals surface area contributed by atoms with Crippen molar-refractivity contribution in [1.29, 1.82) is 0 Å². The van der Waals surface area contributed by atoms with Crippen LogP contribution in [-0.4, -0.2) is 16.2 Å². The summed E-state index contributed by atoms with van der Waals surface area (Å²) in [6.07, 6.45) is 3.73. The topological polar surface area (TPSA) is 27.1 Å². The molecule has 0 amide bonds. The van der Waals surface area contributed by atoms with E-state index in [0.29, 0.717) is 6.61 Å². The van der Waals surface area contributed by atoms with Crippen molar-refractivity contribution in [1.82, 2.24) is 9.55 Å². The molecule has 0 N–H and O–H groups in total. The van der Waals surface area contributed by atoms with Crippen molar-refractivity contribution in [3.8, 4) is 17.1 Å². The van der Waals surface area contributed by atoms with Gasteiger partial charge in [-0.25, -0.2) is 4.98 Å². The van der Waals surface area contributed by atoms with Gasteiger partial charge in [0.2, 0.25) is 0 Å². The Bertz CT molecular complexity index is 431. The average molecular weight is 202 g/mol. The maximum Gasteiger partial charge on any atom is 0.139 e. The van der Waals surface area contributed by atoms with Crippen LogP contribution in [0.25, 0.3) is 11.4 Å². The second kappa shape index (κ2) is 4.17. The van der Waals surface area contributed by atoms with Crippen LogP contribution in [0.3, 0.4) is 0 Å². The Labute approximate surface area is 89.3 Å². The highest BCUT2D eigenvalue weighted by Gasteiger charge is 2.02. The van der Waals surface area contributed by atoms with Crippen LogP contribution in [-0.2, 0) is 7.05 Å². The van der Waals surface area contributed by atoms with Gasteiger partial charge >= 0.3 is 0 Å². The maximum atomic E-state index is 5.38. The highest BCUT2D eigenvalue weighted by Crippen LogP contribution is 2.20. The molecule has 0 aliphatic heterocycles. The van der Waals surface area contributed by atoms with Gasteiger partial charge in [-0.3, -0.25) is 0 Å². The standard InChI is InChI=1S/C12H14N2O/c1-3-15-11-6-4-10(5-7-11)12-13-8-9-14(12)2/h4-9H,3H2,1-2H3. The van der Waals surface area contributed by atoms with Gasteiger partial charge in [0, 0.05) is 25.0 Å². The van der Waals surface area contributed by atoms with E-state index in [-0.39, 0.29) is 0 Å². The fraction of sp³-hybridized carbons (Fsp3) is 0.250. The molecule has 0 saturated heterocycles. The summed E-state index contributed by atoms with van der Waals surface area (Å²) in [6, 6.07) is 7.97. The van der Waals surface area contributed by atoms with Gasteiger partial charge in [-0.05, 0) is 31.2 Å². The Morgan fingerprint density at radius 1 is 1.27 bits per heavy atom. The maximum absolute atomic E-state index is 5.38. The second-order valence-corrected chi connectivity index (χ2v) is 3.32. The normalized spacial score (nSPS) is 10.3. The molecule has 2 aromatic rings. The van der Waals surface area contributed by atoms with E-state index in [9.17, 15) is 0 Å². The van der Waals surface area contributed by atoms with Gasteiger partial charge in [0.1, 0.15) is 11.6 Å². The zero-order valence-electron chi connectivity index (χ0n) is 8.97. The Morgan fingerprint density at radius 2 is 2.00 bits per heavy atom. The summed E-state index contributed by atoms with van der Waals surface area (Å²) in [5.41, 5.74) is 1.10. The third-order valence-corrected chi connectivity index (χ3v) is 2.24. The molecule has 0 aliphatic rings. The lowest BCUT2D eigenvalue weighted by Crippen LogP contribution is -1.93. The minimum Gasteiger partial charge on any atom is -0.494 e. The highest BCUT2D eigenvalue weighted by atomic mass is 16.5. The smallest absolute Gasteiger partial charge is 0.139 e. The molecule has 0 fully saturated rings. The lowest BCUT2D eigenvalue weighted by Gasteiger charge is -2.04. The zero-order chi connectivity index (χ0) is 10.7. The first-order valence-corrected chi connectivity index (χ1v) is 5.02. The molecule has 15 heavy (non-hydrogen) atoms. The molecule has 1 aromatic carbocycles. The summed E-state index contributed by atoms with van der Waals surface area (Å²) in [5.74, 6) is 1.87. The summed E-state index contributed by atoms with van der Waals surface area (Å²) < 4.78 is 7.38. The van der Waals surface area contributed by atoms with Crippen molar-refractivity contribution >= 4 is 0 Å². The number of benzene rings is 1. The number of ether oxygens (including phenoxy) is 1. The van der Waals surface area contributed by atoms with Gasteiger partial charge < -0.3 is 9.30 Å². The molecule has 78 valence electrons. The number of aryl methyl sites for hydroxylation is 1. The number of hydrogen-bond acceptors (Lipinski definition) is 2. The minimum atomic E-state index is 0.696. The second-order valence-electron chi connectivity index (χ2n) is 3.32. The first-order valence-electron chi connectivity index (χ1n) is 5.02. The molecule has 3 heteroatoms. The molecule has 0 atom stereocenters. The van der Waals surface area contributed by atoms with Crippen molar-refractivity contribution in [2.75, 3.05) is 6.61 Å². The summed E-state index contributed by atoms with van der Waals surface area (Å²) in [6.45, 7) is 2.68. The SMILES string of the molecule is CCOc1ccc(-c2nccn2C)cc1. The van der Waals surface area contributed by atoms with Crippen LogP contribution in [0.5, 0.6) is 5.75 Å². The van der Waals surface area contributed by atoms with Gasteiger partial charge in [-0.2, -0.15) is 0 Å². The van der Waals surface area contributed by atoms with Crippen LogP contribution < -0.4 is 4.74 Å². The summed E-state index contributed by atoms with van der Waals surface area (Å²) in [4.78, 5) is 4.28. The first-order chi connectivity index (χ1) is 7.31. The van der Waals surface area contributed by atoms with E-state index in [1.165, 1.54) is 0 Å². The van der Waals surface area contributed by atoms with Gasteiger partial charge in [0.05, 0.1) is 6.61 Å². The molecule has 2 rings (SSSR count). The van der Waals surface area contributed by atoms with E-state index < -0.39 is 0 Å². The fourth-order valence-electron chi connectivity index (χ4n) is 1.51. The first kappa shape index (κ1) is 9.77. The van der Waals surface area contributed by atoms with E-state index in [1.807, 2.05) is 49.0 Å². The summed E-state index contributed by atoms with van der Waals surface area (Å²) in [5, 5.41) is 0. The molecule has 0 aliphatic carbocycles. The van der Waals surface area contributed by atoms with Crippen LogP contribution in [0.4, 0.5) is 0 Å². The summed E-state index contributed by atoms with van der Waals surface area (Å²) >= 11 is 0. The third-order valence-electron chi connectivity index (χ3n) is 2.24. The monoisotopic (exact) mass is 202 g/mol. The summed E-state index contributed by atoms with van der Waals surface area (Å²) in [7, 11) is 1.98. The van der Waals surface area contributed by atoms with Crippen molar-refractivity contribution in [2.24, 2.45) is 7.05 Å². The molecule has 0 radical (unpaired) electrons. The van der Waals surface area contributed by atoms with Crippen LogP contribution in [0.1, 0.15) is 6.92 Å². The van der Waals surface area contributed by atoms with Gasteiger partial charge in [-0.1, -0.05) is 0 Å². The van der Waals surface area contributed by atoms with Gasteiger partial charge in [-0.15, -0.1) is 0 Å². The lowest BCUT2D eigenvalue weighted by molar-refractivity contribution is 0.340. The predicted octanol–water partition coefficient (Wildman–Crippen LogP) is 2.49. The Kier molecular flexibility index (Phi) is 2.72. The van der Waals surface area contributed by atoms with Crippen LogP contribution >= 0.6 is 0 Å². The lowest BCUT2D eigenvalue weighted by atomic mass is 10.2. The van der Waals surface area contributed by atoms with Crippen molar-refractivity contribution in [3.63, 3.8) is 0 Å². The number of imidazole rings is 1. The molecule has 0 saturated carbocycles. The van der Waals surface area contributed by atoms with E-state index in [1.54, 1.807) is 6.20 Å². The number of aromatic nitrogens is 2. The largest absolute Gasteiger partial charge is 0.494 e. The fourth-order valence-corrected chi connectivity index (χ4v) is 1.51. The van der Waals surface area contributed by atoms with E-state index in [2.05, 4.69) is 4.98 Å². The van der Waals surface area contributed by atoms with Crippen LogP contribution in [0.15, 0.2) is 36.7 Å². The molecular formula is C12H14N2O. The Hall–Kier alpha value is -1.77. The van der Waals surface area contributed by atoms with E-state index >= 15 is 0 Å². The molecular weight excluding hydrogens is 188 g/mol. The zero-order valence-corrected chi connectivity index (χ0v) is 8.97. The van der Waals surface area contributed by atoms with Gasteiger partial charge in [0.25, 0.3) is 0 Å². The van der Waals surface area contributed by atoms with E-state index in [4.69, 9.17) is 4.74 Å². The molecule has 0 spiro atoms. The highest BCUT2D eigenvalue weighted by molar-refractivity contribution is 5.56. The number of hydrogen-bond donors (Lipinski definition) is 0. The molecule has 3 nitrogen and oxygen atoms in total. The predicted molar refractivity (Wildman–Crippen MR) is 59.8 cm³/mol. The van der Waals surface area contributed by atoms with Crippen LogP contribution in [0, 0.1) is 0 Å². The molecule has 0 unspecified atom stereocenters. The van der Waals surface area contributed by atoms with Crippen molar-refractivity contribution in [2.45, 2.75) is 6.92 Å². The number of nitrogens with zero attached hydrogens (tertiary/aromatic N) is 2. The molecule has 1 aromatic heterocycles. The van der Waals surface area contributed by atoms with E-state index in [0.717, 1.165) is 17.1 Å². The van der Waals surface area contributed by atoms with Crippen molar-refractivity contribution < 1.29 is 4.74 Å².